The van der Waals surface area contributed by atoms with E-state index in [0.29, 0.717) is 12.5 Å². The van der Waals surface area contributed by atoms with Crippen LogP contribution in [0.3, 0.4) is 0 Å². The summed E-state index contributed by atoms with van der Waals surface area (Å²) in [5, 5.41) is 9.10. The molecule has 1 heterocycles. The molecule has 0 aromatic carbocycles. The molecule has 0 spiro atoms. The molecule has 0 saturated carbocycles. The summed E-state index contributed by atoms with van der Waals surface area (Å²) in [6, 6.07) is 3.73. The quantitative estimate of drug-likeness (QED) is 0.781. The molecule has 1 N–H and O–H groups in total. The lowest BCUT2D eigenvalue weighted by Crippen LogP contribution is -2.01. The van der Waals surface area contributed by atoms with Crippen LogP contribution < -0.4 is 4.74 Å². The maximum atomic E-state index is 9.10. The first kappa shape index (κ1) is 12.0. The average Bonchev–Trinajstić information content (AvgIpc) is 2.26. The Labute approximate surface area is 91.1 Å². The van der Waals surface area contributed by atoms with Crippen LogP contribution in [0.5, 0.6) is 5.88 Å². The second-order valence-electron chi connectivity index (χ2n) is 3.56. The molecule has 0 fully saturated rings. The summed E-state index contributed by atoms with van der Waals surface area (Å²) in [6.45, 7) is 4.89. The lowest BCUT2D eigenvalue weighted by Gasteiger charge is -2.07. The Kier molecular flexibility index (Phi) is 5.12. The normalized spacial score (nSPS) is 10.3. The third-order valence-corrected chi connectivity index (χ3v) is 2.06. The van der Waals surface area contributed by atoms with Crippen LogP contribution in [0.15, 0.2) is 12.1 Å². The molecule has 0 aliphatic rings. The Bertz CT molecular complexity index is 300. The number of aryl methyl sites for hydroxylation is 1. The fraction of sp³-hybridized carbons (Fsp3) is 0.583. The second kappa shape index (κ2) is 6.40. The average molecular weight is 209 g/mol. The van der Waals surface area contributed by atoms with Crippen LogP contribution in [0.4, 0.5) is 0 Å². The predicted molar refractivity (Wildman–Crippen MR) is 59.9 cm³/mol. The van der Waals surface area contributed by atoms with Gasteiger partial charge in [-0.3, -0.25) is 0 Å². The van der Waals surface area contributed by atoms with E-state index in [1.165, 1.54) is 0 Å². The number of hydrogen-bond donors (Lipinski definition) is 1. The largest absolute Gasteiger partial charge is 0.478 e. The number of pyridine rings is 1. The van der Waals surface area contributed by atoms with Crippen LogP contribution >= 0.6 is 0 Å². The number of aliphatic hydroxyl groups is 1. The highest BCUT2D eigenvalue weighted by Crippen LogP contribution is 2.14. The zero-order chi connectivity index (χ0) is 11.1. The van der Waals surface area contributed by atoms with E-state index in [2.05, 4.69) is 18.8 Å². The molecule has 0 unspecified atom stereocenters. The van der Waals surface area contributed by atoms with Crippen molar-refractivity contribution in [2.24, 2.45) is 0 Å². The van der Waals surface area contributed by atoms with Crippen molar-refractivity contribution >= 4 is 0 Å². The number of hydrogen-bond acceptors (Lipinski definition) is 3. The summed E-state index contributed by atoms with van der Waals surface area (Å²) < 4.78 is 5.46. The molecule has 0 saturated heterocycles. The molecule has 1 aromatic heterocycles. The van der Waals surface area contributed by atoms with E-state index in [-0.39, 0.29) is 6.61 Å². The van der Waals surface area contributed by atoms with Gasteiger partial charge in [0, 0.05) is 11.8 Å². The van der Waals surface area contributed by atoms with Crippen LogP contribution in [-0.2, 0) is 13.0 Å². The fourth-order valence-electron chi connectivity index (χ4n) is 1.38. The van der Waals surface area contributed by atoms with Crippen molar-refractivity contribution in [1.29, 1.82) is 0 Å². The number of aliphatic hydroxyl groups excluding tert-OH is 1. The molecule has 0 aliphatic heterocycles. The minimum atomic E-state index is 0.0434. The van der Waals surface area contributed by atoms with Gasteiger partial charge in [0.15, 0.2) is 0 Å². The third kappa shape index (κ3) is 3.88. The Morgan fingerprint density at radius 3 is 2.67 bits per heavy atom. The molecular formula is C12H19NO2. The molecule has 84 valence electrons. The van der Waals surface area contributed by atoms with Crippen LogP contribution in [0.25, 0.3) is 0 Å². The van der Waals surface area contributed by atoms with Crippen LogP contribution in [-0.4, -0.2) is 16.7 Å². The SMILES string of the molecule is CCCOc1cc(CO)cc(CCC)n1. The highest BCUT2D eigenvalue weighted by Gasteiger charge is 2.02. The van der Waals surface area contributed by atoms with Gasteiger partial charge in [-0.2, -0.15) is 0 Å². The van der Waals surface area contributed by atoms with Gasteiger partial charge in [0.2, 0.25) is 5.88 Å². The number of rotatable bonds is 6. The standard InChI is InChI=1S/C12H19NO2/c1-3-5-11-7-10(9-14)8-12(13-11)15-6-4-2/h7-8,14H,3-6,9H2,1-2H3. The number of nitrogens with zero attached hydrogens (tertiary/aromatic N) is 1. The molecule has 1 rings (SSSR count). The molecule has 3 heteroatoms. The molecule has 3 nitrogen and oxygen atoms in total. The van der Waals surface area contributed by atoms with Crippen molar-refractivity contribution < 1.29 is 9.84 Å². The maximum absolute atomic E-state index is 9.10. The van der Waals surface area contributed by atoms with Gasteiger partial charge in [-0.15, -0.1) is 0 Å². The monoisotopic (exact) mass is 209 g/mol. The Balaban J connectivity index is 2.79. The first-order valence-corrected chi connectivity index (χ1v) is 5.53. The summed E-state index contributed by atoms with van der Waals surface area (Å²) >= 11 is 0. The molecular weight excluding hydrogens is 190 g/mol. The summed E-state index contributed by atoms with van der Waals surface area (Å²) in [7, 11) is 0. The highest BCUT2D eigenvalue weighted by atomic mass is 16.5. The molecule has 0 atom stereocenters. The maximum Gasteiger partial charge on any atom is 0.213 e. The molecule has 15 heavy (non-hydrogen) atoms. The fourth-order valence-corrected chi connectivity index (χ4v) is 1.38. The minimum Gasteiger partial charge on any atom is -0.478 e. The van der Waals surface area contributed by atoms with Gasteiger partial charge in [0.05, 0.1) is 13.2 Å². The second-order valence-corrected chi connectivity index (χ2v) is 3.56. The first-order chi connectivity index (χ1) is 7.30. The highest BCUT2D eigenvalue weighted by molar-refractivity contribution is 5.24. The summed E-state index contributed by atoms with van der Waals surface area (Å²) in [5.41, 5.74) is 1.87. The van der Waals surface area contributed by atoms with Crippen LogP contribution in [0.2, 0.25) is 0 Å². The van der Waals surface area contributed by atoms with Crippen molar-refractivity contribution in [3.05, 3.63) is 23.4 Å². The Hall–Kier alpha value is -1.09. The molecule has 1 aromatic rings. The van der Waals surface area contributed by atoms with Crippen molar-refractivity contribution in [1.82, 2.24) is 4.98 Å². The van der Waals surface area contributed by atoms with Crippen molar-refractivity contribution in [2.75, 3.05) is 6.61 Å². The summed E-state index contributed by atoms with van der Waals surface area (Å²) in [4.78, 5) is 4.38. The van der Waals surface area contributed by atoms with Crippen molar-refractivity contribution in [3.63, 3.8) is 0 Å². The van der Waals surface area contributed by atoms with Gasteiger partial charge in [-0.05, 0) is 24.5 Å². The van der Waals surface area contributed by atoms with E-state index in [0.717, 1.165) is 30.5 Å². The van der Waals surface area contributed by atoms with E-state index < -0.39 is 0 Å². The van der Waals surface area contributed by atoms with Gasteiger partial charge in [-0.1, -0.05) is 20.3 Å². The van der Waals surface area contributed by atoms with Gasteiger partial charge < -0.3 is 9.84 Å². The van der Waals surface area contributed by atoms with E-state index in [1.807, 2.05) is 6.07 Å². The van der Waals surface area contributed by atoms with E-state index in [9.17, 15) is 0 Å². The van der Waals surface area contributed by atoms with Gasteiger partial charge in [0.25, 0.3) is 0 Å². The topological polar surface area (TPSA) is 42.4 Å². The van der Waals surface area contributed by atoms with Crippen LogP contribution in [0, 0.1) is 0 Å². The summed E-state index contributed by atoms with van der Waals surface area (Å²) in [5.74, 6) is 0.631. The van der Waals surface area contributed by atoms with E-state index in [4.69, 9.17) is 9.84 Å². The predicted octanol–water partition coefficient (Wildman–Crippen LogP) is 2.32. The van der Waals surface area contributed by atoms with Crippen molar-refractivity contribution in [2.45, 2.75) is 39.7 Å². The lowest BCUT2D eigenvalue weighted by molar-refractivity contribution is 0.276. The Morgan fingerprint density at radius 1 is 1.27 bits per heavy atom. The number of ether oxygens (including phenoxy) is 1. The zero-order valence-corrected chi connectivity index (χ0v) is 9.49. The van der Waals surface area contributed by atoms with E-state index in [1.54, 1.807) is 6.07 Å². The lowest BCUT2D eigenvalue weighted by atomic mass is 10.2. The third-order valence-electron chi connectivity index (χ3n) is 2.06. The van der Waals surface area contributed by atoms with Gasteiger partial charge >= 0.3 is 0 Å². The molecule has 0 amide bonds. The minimum absolute atomic E-state index is 0.0434. The first-order valence-electron chi connectivity index (χ1n) is 5.53. The van der Waals surface area contributed by atoms with Gasteiger partial charge in [-0.25, -0.2) is 4.98 Å². The van der Waals surface area contributed by atoms with Crippen LogP contribution in [0.1, 0.15) is 37.9 Å². The Morgan fingerprint density at radius 2 is 2.07 bits per heavy atom. The number of aromatic nitrogens is 1. The smallest absolute Gasteiger partial charge is 0.213 e. The van der Waals surface area contributed by atoms with Gasteiger partial charge in [0.1, 0.15) is 0 Å². The molecule has 0 radical (unpaired) electrons. The summed E-state index contributed by atoms with van der Waals surface area (Å²) in [6.07, 6.45) is 2.94. The zero-order valence-electron chi connectivity index (χ0n) is 9.49. The molecule has 0 aliphatic carbocycles. The van der Waals surface area contributed by atoms with E-state index >= 15 is 0 Å². The van der Waals surface area contributed by atoms with Crippen molar-refractivity contribution in [3.8, 4) is 5.88 Å². The molecule has 0 bridgehead atoms.